The molecule has 1 atom stereocenters. The van der Waals surface area contributed by atoms with Crippen LogP contribution in [0.1, 0.15) is 22.3 Å². The summed E-state index contributed by atoms with van der Waals surface area (Å²) < 4.78 is 5.16. The number of carbonyl (C=O) groups excluding carboxylic acids is 2. The number of nitrogens with two attached hydrogens (primary N) is 1. The van der Waals surface area contributed by atoms with E-state index in [2.05, 4.69) is 0 Å². The van der Waals surface area contributed by atoms with Gasteiger partial charge in [-0.15, -0.1) is 0 Å². The molecule has 1 unspecified atom stereocenters. The third-order valence-corrected chi connectivity index (χ3v) is 3.23. The molecule has 3 N–H and O–H groups in total. The normalized spacial score (nSPS) is 14.8. The molecule has 106 valence electrons. The summed E-state index contributed by atoms with van der Waals surface area (Å²) in [5.74, 6) is -1.95. The Labute approximate surface area is 114 Å². The van der Waals surface area contributed by atoms with Crippen LogP contribution in [0, 0.1) is 0 Å². The minimum atomic E-state index is -1.27. The zero-order valence-electron chi connectivity index (χ0n) is 10.8. The lowest BCUT2D eigenvalue weighted by atomic mass is 10.1. The number of hydrogen-bond acceptors (Lipinski definition) is 4. The maximum Gasteiger partial charge on any atom is 0.326 e. The van der Waals surface area contributed by atoms with Crippen LogP contribution in [-0.4, -0.2) is 40.9 Å². The van der Waals surface area contributed by atoms with Gasteiger partial charge in [0.15, 0.2) is 0 Å². The largest absolute Gasteiger partial charge is 0.496 e. The van der Waals surface area contributed by atoms with Crippen LogP contribution in [0.2, 0.25) is 0 Å². The van der Waals surface area contributed by atoms with E-state index in [9.17, 15) is 19.5 Å². The van der Waals surface area contributed by atoms with E-state index in [4.69, 9.17) is 10.5 Å². The number of carboxylic acids is 1. The third kappa shape index (κ3) is 2.29. The fourth-order valence-corrected chi connectivity index (χ4v) is 2.29. The first kappa shape index (κ1) is 13.9. The molecule has 1 aliphatic heterocycles. The van der Waals surface area contributed by atoms with Gasteiger partial charge in [-0.2, -0.15) is 0 Å². The molecule has 0 saturated heterocycles. The highest BCUT2D eigenvalue weighted by Crippen LogP contribution is 2.32. The first-order chi connectivity index (χ1) is 9.45. The van der Waals surface area contributed by atoms with Crippen molar-refractivity contribution >= 4 is 17.8 Å². The number of rotatable bonds is 5. The molecule has 0 spiro atoms. The summed E-state index contributed by atoms with van der Waals surface area (Å²) in [4.78, 5) is 35.6. The Balaban J connectivity index is 2.35. The van der Waals surface area contributed by atoms with Crippen molar-refractivity contribution in [1.82, 2.24) is 4.90 Å². The van der Waals surface area contributed by atoms with Crippen LogP contribution < -0.4 is 10.5 Å². The number of amides is 2. The number of carboxylic acid groups (broad SMARTS) is 1. The maximum absolute atomic E-state index is 12.2. The SMILES string of the molecule is COc1cccc2c1CN(C(CC(N)=O)C(=O)O)C2=O. The zero-order valence-corrected chi connectivity index (χ0v) is 10.8. The number of methoxy groups -OCH3 is 1. The molecule has 7 nitrogen and oxygen atoms in total. The Kier molecular flexibility index (Phi) is 3.60. The van der Waals surface area contributed by atoms with E-state index in [0.717, 1.165) is 4.90 Å². The molecular formula is C13H14N2O5. The van der Waals surface area contributed by atoms with E-state index in [1.807, 2.05) is 0 Å². The molecule has 2 amide bonds. The maximum atomic E-state index is 12.2. The summed E-state index contributed by atoms with van der Waals surface area (Å²) in [6.45, 7) is 0.0857. The van der Waals surface area contributed by atoms with Gasteiger partial charge in [-0.3, -0.25) is 9.59 Å². The first-order valence-corrected chi connectivity index (χ1v) is 5.93. The van der Waals surface area contributed by atoms with Crippen molar-refractivity contribution in [2.75, 3.05) is 7.11 Å². The van der Waals surface area contributed by atoms with Crippen LogP contribution in [-0.2, 0) is 16.1 Å². The van der Waals surface area contributed by atoms with Crippen LogP contribution >= 0.6 is 0 Å². The highest BCUT2D eigenvalue weighted by atomic mass is 16.5. The Bertz CT molecular complexity index is 584. The van der Waals surface area contributed by atoms with Gasteiger partial charge in [0.25, 0.3) is 5.91 Å². The van der Waals surface area contributed by atoms with E-state index in [1.165, 1.54) is 7.11 Å². The van der Waals surface area contributed by atoms with Crippen LogP contribution in [0.25, 0.3) is 0 Å². The topological polar surface area (TPSA) is 110 Å². The molecule has 2 rings (SSSR count). The number of hydrogen-bond donors (Lipinski definition) is 2. The molecule has 0 aromatic heterocycles. The summed E-state index contributed by atoms with van der Waals surface area (Å²) in [5.41, 5.74) is 6.05. The Morgan fingerprint density at radius 2 is 2.20 bits per heavy atom. The average Bonchev–Trinajstić information content (AvgIpc) is 2.73. The zero-order chi connectivity index (χ0) is 14.9. The minimum absolute atomic E-state index is 0.0857. The third-order valence-electron chi connectivity index (χ3n) is 3.23. The number of primary amides is 1. The van der Waals surface area contributed by atoms with E-state index >= 15 is 0 Å². The van der Waals surface area contributed by atoms with E-state index in [1.54, 1.807) is 18.2 Å². The molecule has 1 aromatic rings. The van der Waals surface area contributed by atoms with Gasteiger partial charge < -0.3 is 20.5 Å². The monoisotopic (exact) mass is 278 g/mol. The van der Waals surface area contributed by atoms with Crippen molar-refractivity contribution in [2.45, 2.75) is 19.0 Å². The molecule has 0 fully saturated rings. The van der Waals surface area contributed by atoms with Crippen molar-refractivity contribution in [2.24, 2.45) is 5.73 Å². The fourth-order valence-electron chi connectivity index (χ4n) is 2.29. The van der Waals surface area contributed by atoms with Crippen LogP contribution in [0.3, 0.4) is 0 Å². The van der Waals surface area contributed by atoms with E-state index in [-0.39, 0.29) is 6.54 Å². The second-order valence-corrected chi connectivity index (χ2v) is 4.44. The number of ether oxygens (including phenoxy) is 1. The molecule has 0 radical (unpaired) electrons. The van der Waals surface area contributed by atoms with Crippen molar-refractivity contribution in [1.29, 1.82) is 0 Å². The lowest BCUT2D eigenvalue weighted by Gasteiger charge is -2.23. The summed E-state index contributed by atoms with van der Waals surface area (Å²) in [6, 6.07) is 3.68. The van der Waals surface area contributed by atoms with Gasteiger partial charge in [-0.25, -0.2) is 4.79 Å². The van der Waals surface area contributed by atoms with Crippen molar-refractivity contribution < 1.29 is 24.2 Å². The second kappa shape index (κ2) is 5.20. The molecular weight excluding hydrogens is 264 g/mol. The molecule has 1 heterocycles. The van der Waals surface area contributed by atoms with Crippen molar-refractivity contribution in [3.63, 3.8) is 0 Å². The molecule has 0 saturated carbocycles. The lowest BCUT2D eigenvalue weighted by Crippen LogP contribution is -2.43. The van der Waals surface area contributed by atoms with E-state index < -0.39 is 30.2 Å². The molecule has 7 heteroatoms. The number of aliphatic carboxylic acids is 1. The molecule has 1 aromatic carbocycles. The quantitative estimate of drug-likeness (QED) is 0.786. The molecule has 0 aliphatic carbocycles. The minimum Gasteiger partial charge on any atom is -0.496 e. The summed E-state index contributed by atoms with van der Waals surface area (Å²) in [7, 11) is 1.47. The predicted octanol–water partition coefficient (Wildman–Crippen LogP) is -0.0204. The average molecular weight is 278 g/mol. The summed E-state index contributed by atoms with van der Waals surface area (Å²) in [5, 5.41) is 9.17. The molecule has 1 aliphatic rings. The van der Waals surface area contributed by atoms with Crippen LogP contribution in [0.15, 0.2) is 18.2 Å². The first-order valence-electron chi connectivity index (χ1n) is 5.93. The van der Waals surface area contributed by atoms with Gasteiger partial charge in [0, 0.05) is 11.1 Å². The lowest BCUT2D eigenvalue weighted by molar-refractivity contribution is -0.144. The molecule has 0 bridgehead atoms. The predicted molar refractivity (Wildman–Crippen MR) is 68.1 cm³/mol. The summed E-state index contributed by atoms with van der Waals surface area (Å²) >= 11 is 0. The highest BCUT2D eigenvalue weighted by molar-refractivity contribution is 6.01. The Hall–Kier alpha value is -2.57. The Morgan fingerprint density at radius 3 is 2.75 bits per heavy atom. The number of benzene rings is 1. The van der Waals surface area contributed by atoms with Gasteiger partial charge in [-0.1, -0.05) is 6.07 Å². The smallest absolute Gasteiger partial charge is 0.326 e. The Morgan fingerprint density at radius 1 is 1.50 bits per heavy atom. The van der Waals surface area contributed by atoms with Crippen molar-refractivity contribution in [3.05, 3.63) is 29.3 Å². The second-order valence-electron chi connectivity index (χ2n) is 4.44. The van der Waals surface area contributed by atoms with Crippen molar-refractivity contribution in [3.8, 4) is 5.75 Å². The number of fused-ring (bicyclic) bond motifs is 1. The van der Waals surface area contributed by atoms with Gasteiger partial charge in [0.05, 0.1) is 20.1 Å². The van der Waals surface area contributed by atoms with Crippen LogP contribution in [0.5, 0.6) is 5.75 Å². The van der Waals surface area contributed by atoms with Gasteiger partial charge in [-0.05, 0) is 12.1 Å². The van der Waals surface area contributed by atoms with E-state index in [0.29, 0.717) is 16.9 Å². The molecule has 20 heavy (non-hydrogen) atoms. The number of carbonyl (C=O) groups is 3. The fraction of sp³-hybridized carbons (Fsp3) is 0.308. The standard InChI is InChI=1S/C13H14N2O5/c1-20-10-4-2-3-7-8(10)6-15(12(7)17)9(13(18)19)5-11(14)16/h2-4,9H,5-6H2,1H3,(H2,14,16)(H,18,19). The highest BCUT2D eigenvalue weighted by Gasteiger charge is 2.38. The number of nitrogens with zero attached hydrogens (tertiary/aromatic N) is 1. The van der Waals surface area contributed by atoms with Gasteiger partial charge in [0.1, 0.15) is 11.8 Å². The van der Waals surface area contributed by atoms with Gasteiger partial charge >= 0.3 is 5.97 Å². The van der Waals surface area contributed by atoms with Crippen LogP contribution in [0.4, 0.5) is 0 Å². The van der Waals surface area contributed by atoms with Gasteiger partial charge in [0.2, 0.25) is 5.91 Å². The summed E-state index contributed by atoms with van der Waals surface area (Å²) in [6.07, 6.45) is -0.419.